The Morgan fingerprint density at radius 2 is 1.91 bits per heavy atom. The summed E-state index contributed by atoms with van der Waals surface area (Å²) in [6.07, 6.45) is -0.637. The molecule has 2 aromatic carbocycles. The Morgan fingerprint density at radius 1 is 1.09 bits per heavy atom. The van der Waals surface area contributed by atoms with Gasteiger partial charge in [-0.3, -0.25) is 9.69 Å². The Kier molecular flexibility index (Phi) is 9.06. The van der Waals surface area contributed by atoms with Crippen molar-refractivity contribution in [3.05, 3.63) is 89.5 Å². The van der Waals surface area contributed by atoms with Gasteiger partial charge in [-0.05, 0) is 74.6 Å². The first-order chi connectivity index (χ1) is 21.0. The number of carbonyl (C=O) groups excluding carboxylic acids is 1. The zero-order valence-electron chi connectivity index (χ0n) is 24.3. The fourth-order valence-corrected chi connectivity index (χ4v) is 4.96. The van der Waals surface area contributed by atoms with Crippen molar-refractivity contribution in [3.8, 4) is 22.9 Å². The van der Waals surface area contributed by atoms with Crippen molar-refractivity contribution in [2.24, 2.45) is 0 Å². The maximum Gasteiger partial charge on any atom is 0.416 e. The van der Waals surface area contributed by atoms with Crippen molar-refractivity contribution in [2.45, 2.75) is 25.2 Å². The number of carbonyl (C=O) groups is 1. The maximum absolute atomic E-state index is 15.0. The number of likely N-dealkylation sites (N-methyl/N-ethyl adjacent to an activating group) is 1. The molecule has 230 valence electrons. The minimum Gasteiger partial charge on any atom is -0.438 e. The van der Waals surface area contributed by atoms with Crippen LogP contribution < -0.4 is 15.4 Å². The van der Waals surface area contributed by atoms with Crippen LogP contribution in [0.5, 0.6) is 11.6 Å². The van der Waals surface area contributed by atoms with Crippen LogP contribution in [0.3, 0.4) is 0 Å². The molecule has 13 heteroatoms. The number of pyridine rings is 1. The number of benzene rings is 2. The first kappa shape index (κ1) is 30.8. The molecule has 0 radical (unpaired) electrons. The van der Waals surface area contributed by atoms with E-state index in [-0.39, 0.29) is 17.3 Å². The van der Waals surface area contributed by atoms with Crippen LogP contribution in [0.1, 0.15) is 27.9 Å². The average Bonchev–Trinajstić information content (AvgIpc) is 3.48. The summed E-state index contributed by atoms with van der Waals surface area (Å²) in [6, 6.07) is 12.2. The van der Waals surface area contributed by atoms with Crippen molar-refractivity contribution in [1.82, 2.24) is 24.8 Å². The summed E-state index contributed by atoms with van der Waals surface area (Å²) in [6.45, 7) is 1.81. The Hall–Kier alpha value is -4.62. The van der Waals surface area contributed by atoms with E-state index in [1.807, 2.05) is 14.1 Å². The molecule has 0 spiro atoms. The Balaban J connectivity index is 1.41. The van der Waals surface area contributed by atoms with Crippen molar-refractivity contribution in [3.63, 3.8) is 0 Å². The largest absolute Gasteiger partial charge is 0.438 e. The lowest BCUT2D eigenvalue weighted by molar-refractivity contribution is -0.137. The van der Waals surface area contributed by atoms with Crippen LogP contribution in [0.4, 0.5) is 29.2 Å². The summed E-state index contributed by atoms with van der Waals surface area (Å²) in [4.78, 5) is 30.3. The Bertz CT molecular complexity index is 1650. The zero-order valence-corrected chi connectivity index (χ0v) is 24.3. The van der Waals surface area contributed by atoms with Crippen LogP contribution in [0.2, 0.25) is 0 Å². The molecule has 1 atom stereocenters. The second-order valence-electron chi connectivity index (χ2n) is 10.6. The van der Waals surface area contributed by atoms with E-state index in [9.17, 15) is 22.4 Å². The fraction of sp³-hybridized carbons (Fsp3) is 0.290. The number of hydrogen-bond donors (Lipinski definition) is 2. The first-order valence-electron chi connectivity index (χ1n) is 13.9. The lowest BCUT2D eigenvalue weighted by Gasteiger charge is -2.22. The highest BCUT2D eigenvalue weighted by Gasteiger charge is 2.32. The first-order valence-corrected chi connectivity index (χ1v) is 13.9. The van der Waals surface area contributed by atoms with Crippen molar-refractivity contribution >= 4 is 17.5 Å². The number of aromatic nitrogens is 3. The maximum atomic E-state index is 15.0. The minimum absolute atomic E-state index is 0.0417. The van der Waals surface area contributed by atoms with E-state index in [0.29, 0.717) is 35.4 Å². The molecule has 3 heterocycles. The SMILES string of the molecule is CNc1nccc(-c2cccnc2Oc2ccc(F)c(C(=O)Nc3cc(C(F)(F)F)ccc3CN3CC[C@H](N(C)C)C3)c2)n1. The van der Waals surface area contributed by atoms with Crippen LogP contribution in [0.15, 0.2) is 67.0 Å². The Morgan fingerprint density at radius 3 is 2.64 bits per heavy atom. The molecular weight excluding hydrogens is 578 g/mol. The summed E-state index contributed by atoms with van der Waals surface area (Å²) >= 11 is 0. The van der Waals surface area contributed by atoms with Crippen molar-refractivity contribution in [2.75, 3.05) is 44.9 Å². The van der Waals surface area contributed by atoms with Crippen molar-refractivity contribution < 1.29 is 27.1 Å². The minimum atomic E-state index is -4.63. The van der Waals surface area contributed by atoms with E-state index in [2.05, 4.69) is 35.4 Å². The number of ether oxygens (including phenoxy) is 1. The van der Waals surface area contributed by atoms with Gasteiger partial charge in [0.05, 0.1) is 22.4 Å². The van der Waals surface area contributed by atoms with Gasteiger partial charge in [0.1, 0.15) is 11.6 Å². The number of nitrogens with zero attached hydrogens (tertiary/aromatic N) is 5. The molecule has 2 N–H and O–H groups in total. The molecule has 2 aromatic heterocycles. The summed E-state index contributed by atoms with van der Waals surface area (Å²) in [5.41, 5.74) is 0.155. The summed E-state index contributed by atoms with van der Waals surface area (Å²) in [5, 5.41) is 5.38. The van der Waals surface area contributed by atoms with Gasteiger partial charge in [0.2, 0.25) is 11.8 Å². The lowest BCUT2D eigenvalue weighted by Crippen LogP contribution is -2.31. The van der Waals surface area contributed by atoms with Crippen LogP contribution in [-0.4, -0.2) is 70.9 Å². The highest BCUT2D eigenvalue weighted by Crippen LogP contribution is 2.34. The van der Waals surface area contributed by atoms with E-state index in [1.165, 1.54) is 24.4 Å². The molecule has 1 saturated heterocycles. The van der Waals surface area contributed by atoms with E-state index in [1.54, 1.807) is 31.4 Å². The number of halogens is 4. The molecule has 0 unspecified atom stereocenters. The van der Waals surface area contributed by atoms with Gasteiger partial charge < -0.3 is 20.3 Å². The van der Waals surface area contributed by atoms with Crippen molar-refractivity contribution in [1.29, 1.82) is 0 Å². The summed E-state index contributed by atoms with van der Waals surface area (Å²) in [7, 11) is 5.64. The topological polar surface area (TPSA) is 95.5 Å². The van der Waals surface area contributed by atoms with Gasteiger partial charge in [-0.25, -0.2) is 19.3 Å². The molecular formula is C31H31F4N7O2. The number of likely N-dealkylation sites (tertiary alicyclic amines) is 1. The third kappa shape index (κ3) is 7.12. The van der Waals surface area contributed by atoms with Gasteiger partial charge in [0.15, 0.2) is 0 Å². The molecule has 1 aliphatic heterocycles. The smallest absolute Gasteiger partial charge is 0.416 e. The third-order valence-electron chi connectivity index (χ3n) is 7.38. The summed E-state index contributed by atoms with van der Waals surface area (Å²) in [5.74, 6) is -1.16. The number of amides is 1. The van der Waals surface area contributed by atoms with Gasteiger partial charge in [0, 0.05) is 50.8 Å². The monoisotopic (exact) mass is 609 g/mol. The van der Waals surface area contributed by atoms with E-state index in [4.69, 9.17) is 4.74 Å². The van der Waals surface area contributed by atoms with Crippen LogP contribution in [0.25, 0.3) is 11.3 Å². The normalized spacial score (nSPS) is 15.4. The van der Waals surface area contributed by atoms with E-state index in [0.717, 1.165) is 37.7 Å². The van der Waals surface area contributed by atoms with E-state index >= 15 is 0 Å². The molecule has 0 bridgehead atoms. The third-order valence-corrected chi connectivity index (χ3v) is 7.38. The average molecular weight is 610 g/mol. The molecule has 44 heavy (non-hydrogen) atoms. The van der Waals surface area contributed by atoms with Gasteiger partial charge in [0.25, 0.3) is 5.91 Å². The standard InChI is InChI=1S/C31H31F4N7O2/c1-36-30-38-13-10-26(40-30)23-5-4-12-37-29(23)44-22-8-9-25(32)24(16-22)28(43)39-27-15-20(31(33,34)35)7-6-19(27)17-42-14-11-21(18-42)41(2)3/h4-10,12-13,15-16,21H,11,14,17-18H2,1-3H3,(H,39,43)(H,36,38,40)/t21-/m0/s1. The molecule has 4 aromatic rings. The zero-order chi connectivity index (χ0) is 31.4. The number of rotatable bonds is 9. The number of hydrogen-bond acceptors (Lipinski definition) is 8. The highest BCUT2D eigenvalue weighted by atomic mass is 19.4. The lowest BCUT2D eigenvalue weighted by atomic mass is 10.1. The second kappa shape index (κ2) is 12.9. The quantitative estimate of drug-likeness (QED) is 0.226. The number of alkyl halides is 3. The fourth-order valence-electron chi connectivity index (χ4n) is 4.96. The van der Waals surface area contributed by atoms with Gasteiger partial charge >= 0.3 is 6.18 Å². The van der Waals surface area contributed by atoms with E-state index < -0.39 is 29.0 Å². The number of nitrogens with one attached hydrogen (secondary N) is 2. The molecule has 1 amide bonds. The van der Waals surface area contributed by atoms with Gasteiger partial charge in [-0.15, -0.1) is 0 Å². The molecule has 1 aliphatic rings. The van der Waals surface area contributed by atoms with Gasteiger partial charge in [-0.1, -0.05) is 6.07 Å². The van der Waals surface area contributed by atoms with Gasteiger partial charge in [-0.2, -0.15) is 13.2 Å². The van der Waals surface area contributed by atoms with Crippen LogP contribution in [0, 0.1) is 5.82 Å². The molecule has 9 nitrogen and oxygen atoms in total. The molecule has 0 saturated carbocycles. The Labute approximate surface area is 251 Å². The molecule has 1 fully saturated rings. The summed E-state index contributed by atoms with van der Waals surface area (Å²) < 4.78 is 61.7. The number of anilines is 2. The predicted octanol–water partition coefficient (Wildman–Crippen LogP) is 5.92. The molecule has 5 rings (SSSR count). The van der Waals surface area contributed by atoms with Crippen LogP contribution in [-0.2, 0) is 12.7 Å². The predicted molar refractivity (Wildman–Crippen MR) is 158 cm³/mol. The second-order valence-corrected chi connectivity index (χ2v) is 10.6. The molecule has 0 aliphatic carbocycles. The highest BCUT2D eigenvalue weighted by molar-refractivity contribution is 6.05. The van der Waals surface area contributed by atoms with Crippen LogP contribution >= 0.6 is 0 Å².